The fraction of sp³-hybridized carbons (Fsp3) is 0.280. The monoisotopic (exact) mass is 382 g/mol. The number of hydrogen-bond acceptors (Lipinski definition) is 3. The van der Waals surface area contributed by atoms with Crippen LogP contribution in [-0.4, -0.2) is 27.7 Å². The lowest BCUT2D eigenvalue weighted by molar-refractivity contribution is 0.354. The summed E-state index contributed by atoms with van der Waals surface area (Å²) < 4.78 is 2.03. The van der Waals surface area contributed by atoms with Crippen molar-refractivity contribution < 1.29 is 0 Å². The van der Waals surface area contributed by atoms with Gasteiger partial charge in [0.1, 0.15) is 5.82 Å². The molecule has 2 aromatic heterocycles. The van der Waals surface area contributed by atoms with E-state index in [4.69, 9.17) is 10.1 Å². The minimum Gasteiger partial charge on any atom is -0.356 e. The van der Waals surface area contributed by atoms with Gasteiger partial charge in [-0.25, -0.2) is 4.98 Å². The number of fused-ring (bicyclic) bond motifs is 1. The van der Waals surface area contributed by atoms with E-state index in [-0.39, 0.29) is 0 Å². The Bertz CT molecular complexity index is 1110. The molecule has 1 aliphatic heterocycles. The van der Waals surface area contributed by atoms with Crippen LogP contribution < -0.4 is 4.90 Å². The highest BCUT2D eigenvalue weighted by atomic mass is 15.3. The average Bonchev–Trinajstić information content (AvgIpc) is 3.17. The largest absolute Gasteiger partial charge is 0.356 e. The number of rotatable bonds is 3. The van der Waals surface area contributed by atoms with Gasteiger partial charge in [0.25, 0.3) is 0 Å². The van der Waals surface area contributed by atoms with Crippen LogP contribution in [0.5, 0.6) is 0 Å². The summed E-state index contributed by atoms with van der Waals surface area (Å²) in [5.41, 5.74) is 5.26. The number of anilines is 1. The summed E-state index contributed by atoms with van der Waals surface area (Å²) >= 11 is 0. The van der Waals surface area contributed by atoms with Gasteiger partial charge >= 0.3 is 0 Å². The molecule has 0 saturated carbocycles. The maximum atomic E-state index is 5.05. The Morgan fingerprint density at radius 2 is 1.45 bits per heavy atom. The van der Waals surface area contributed by atoms with Gasteiger partial charge in [-0.15, -0.1) is 0 Å². The molecule has 0 unspecified atom stereocenters. The minimum atomic E-state index is 0.672. The Labute approximate surface area is 171 Å². The molecule has 1 aliphatic rings. The van der Waals surface area contributed by atoms with Gasteiger partial charge in [-0.1, -0.05) is 74.5 Å². The number of piperidine rings is 1. The van der Waals surface area contributed by atoms with Crippen molar-refractivity contribution in [3.05, 3.63) is 72.9 Å². The van der Waals surface area contributed by atoms with Crippen LogP contribution in [0.25, 0.3) is 28.0 Å². The molecule has 0 radical (unpaired) electrons. The van der Waals surface area contributed by atoms with E-state index >= 15 is 0 Å². The van der Waals surface area contributed by atoms with Crippen LogP contribution in [0, 0.1) is 11.8 Å². The van der Waals surface area contributed by atoms with Gasteiger partial charge in [0, 0.05) is 30.3 Å². The summed E-state index contributed by atoms with van der Waals surface area (Å²) in [5, 5.41) is 4.77. The van der Waals surface area contributed by atoms with Crippen LogP contribution in [0.15, 0.2) is 72.9 Å². The topological polar surface area (TPSA) is 33.4 Å². The van der Waals surface area contributed by atoms with E-state index in [0.29, 0.717) is 11.8 Å². The first-order chi connectivity index (χ1) is 14.2. The summed E-state index contributed by atoms with van der Waals surface area (Å²) in [6, 6.07) is 23.1. The van der Waals surface area contributed by atoms with E-state index in [2.05, 4.69) is 73.3 Å². The van der Waals surface area contributed by atoms with E-state index in [1.54, 1.807) is 0 Å². The molecule has 0 bridgehead atoms. The molecule has 4 heteroatoms. The van der Waals surface area contributed by atoms with Gasteiger partial charge in [0.15, 0.2) is 5.65 Å². The van der Waals surface area contributed by atoms with Crippen molar-refractivity contribution in [1.82, 2.24) is 14.6 Å². The molecule has 0 aliphatic carbocycles. The molecule has 5 rings (SSSR count). The summed E-state index contributed by atoms with van der Waals surface area (Å²) in [5.74, 6) is 2.48. The Balaban J connectivity index is 1.72. The van der Waals surface area contributed by atoms with Crippen molar-refractivity contribution in [3.63, 3.8) is 0 Å². The maximum Gasteiger partial charge on any atom is 0.165 e. The molecule has 2 atom stereocenters. The Hall–Kier alpha value is -3.14. The lowest BCUT2D eigenvalue weighted by Gasteiger charge is -2.36. The Morgan fingerprint density at radius 1 is 0.828 bits per heavy atom. The maximum absolute atomic E-state index is 5.05. The quantitative estimate of drug-likeness (QED) is 0.466. The van der Waals surface area contributed by atoms with Crippen LogP contribution in [0.1, 0.15) is 20.3 Å². The molecular weight excluding hydrogens is 356 g/mol. The molecule has 0 spiro atoms. The van der Waals surface area contributed by atoms with Crippen molar-refractivity contribution in [2.75, 3.05) is 18.0 Å². The van der Waals surface area contributed by atoms with Crippen molar-refractivity contribution in [2.45, 2.75) is 20.3 Å². The second-order valence-electron chi connectivity index (χ2n) is 8.38. The predicted octanol–water partition coefficient (Wildman–Crippen LogP) is 5.55. The third kappa shape index (κ3) is 3.39. The first-order valence-corrected chi connectivity index (χ1v) is 10.4. The van der Waals surface area contributed by atoms with Crippen molar-refractivity contribution in [1.29, 1.82) is 0 Å². The van der Waals surface area contributed by atoms with Gasteiger partial charge in [-0.2, -0.15) is 9.61 Å². The second kappa shape index (κ2) is 7.36. The van der Waals surface area contributed by atoms with E-state index in [0.717, 1.165) is 46.9 Å². The molecule has 4 nitrogen and oxygen atoms in total. The summed E-state index contributed by atoms with van der Waals surface area (Å²) in [6.07, 6.45) is 3.23. The molecule has 1 fully saturated rings. The van der Waals surface area contributed by atoms with Gasteiger partial charge in [-0.05, 0) is 23.8 Å². The van der Waals surface area contributed by atoms with Crippen LogP contribution in [0.4, 0.5) is 5.82 Å². The smallest absolute Gasteiger partial charge is 0.165 e. The third-order valence-electron chi connectivity index (χ3n) is 5.80. The normalized spacial score (nSPS) is 19.6. The van der Waals surface area contributed by atoms with Crippen LogP contribution >= 0.6 is 0 Å². The Kier molecular flexibility index (Phi) is 4.55. The number of aromatic nitrogens is 3. The fourth-order valence-electron chi connectivity index (χ4n) is 4.60. The number of hydrogen-bond donors (Lipinski definition) is 0. The predicted molar refractivity (Wildman–Crippen MR) is 119 cm³/mol. The molecule has 0 amide bonds. The van der Waals surface area contributed by atoms with Crippen molar-refractivity contribution >= 4 is 11.5 Å². The molecule has 29 heavy (non-hydrogen) atoms. The fourth-order valence-corrected chi connectivity index (χ4v) is 4.60. The Morgan fingerprint density at radius 3 is 2.10 bits per heavy atom. The zero-order chi connectivity index (χ0) is 19.8. The number of benzene rings is 2. The molecule has 4 aromatic rings. The van der Waals surface area contributed by atoms with Gasteiger partial charge in [-0.3, -0.25) is 0 Å². The first-order valence-electron chi connectivity index (χ1n) is 10.4. The van der Waals surface area contributed by atoms with E-state index in [1.165, 1.54) is 6.42 Å². The first kappa shape index (κ1) is 17.9. The molecular formula is C25H26N4. The third-order valence-corrected chi connectivity index (χ3v) is 5.80. The summed E-state index contributed by atoms with van der Waals surface area (Å²) in [6.45, 7) is 6.80. The van der Waals surface area contributed by atoms with Gasteiger partial charge in [0.05, 0.1) is 11.9 Å². The van der Waals surface area contributed by atoms with E-state index in [1.807, 2.05) is 22.8 Å². The number of nitrogens with zero attached hydrogens (tertiary/aromatic N) is 4. The molecule has 1 saturated heterocycles. The highest BCUT2D eigenvalue weighted by molar-refractivity contribution is 5.80. The zero-order valence-electron chi connectivity index (χ0n) is 17.0. The second-order valence-corrected chi connectivity index (χ2v) is 8.38. The van der Waals surface area contributed by atoms with Gasteiger partial charge < -0.3 is 4.90 Å². The highest BCUT2D eigenvalue weighted by Crippen LogP contribution is 2.32. The van der Waals surface area contributed by atoms with Crippen molar-refractivity contribution in [3.8, 4) is 22.4 Å². The molecule has 3 heterocycles. The summed E-state index contributed by atoms with van der Waals surface area (Å²) in [4.78, 5) is 7.54. The summed E-state index contributed by atoms with van der Waals surface area (Å²) in [7, 11) is 0. The minimum absolute atomic E-state index is 0.672. The highest BCUT2D eigenvalue weighted by Gasteiger charge is 2.25. The van der Waals surface area contributed by atoms with Crippen molar-refractivity contribution in [2.24, 2.45) is 11.8 Å². The zero-order valence-corrected chi connectivity index (χ0v) is 17.0. The average molecular weight is 383 g/mol. The van der Waals surface area contributed by atoms with Gasteiger partial charge in [0.2, 0.25) is 0 Å². The van der Waals surface area contributed by atoms with Crippen LogP contribution in [0.3, 0.4) is 0 Å². The standard InChI is InChI=1S/C25H26N4/c1-18-13-19(2)17-28(16-18)24-14-23(21-11-7-4-8-12-21)27-25-22(15-26-29(24)25)20-9-5-3-6-10-20/h3-12,14-15,18-19H,13,16-17H2,1-2H3/t18-,19-/m1/s1. The molecule has 2 aromatic carbocycles. The molecule has 0 N–H and O–H groups in total. The van der Waals surface area contributed by atoms with E-state index in [9.17, 15) is 0 Å². The SMILES string of the molecule is C[C@@H]1C[C@@H](C)CN(c2cc(-c3ccccc3)nc3c(-c4ccccc4)cnn23)C1. The van der Waals surface area contributed by atoms with Crippen LogP contribution in [-0.2, 0) is 0 Å². The lowest BCUT2D eigenvalue weighted by Crippen LogP contribution is -2.39. The lowest BCUT2D eigenvalue weighted by atomic mass is 9.92. The van der Waals surface area contributed by atoms with Crippen LogP contribution in [0.2, 0.25) is 0 Å². The van der Waals surface area contributed by atoms with E-state index < -0.39 is 0 Å². The molecule has 146 valence electrons.